The molecule has 0 saturated carbocycles. The van der Waals surface area contributed by atoms with Crippen molar-refractivity contribution in [2.75, 3.05) is 27.4 Å². The quantitative estimate of drug-likeness (QED) is 0.599. The highest BCUT2D eigenvalue weighted by atomic mass is 16.5. The monoisotopic (exact) mass is 399 g/mol. The Balaban J connectivity index is 1.91. The molecule has 6 nitrogen and oxygen atoms in total. The molecule has 0 atom stereocenters. The Bertz CT molecular complexity index is 830. The predicted octanol–water partition coefficient (Wildman–Crippen LogP) is 3.85. The average molecular weight is 399 g/mol. The fraction of sp³-hybridized carbons (Fsp3) is 0.391. The third kappa shape index (κ3) is 6.82. The van der Waals surface area contributed by atoms with Crippen LogP contribution >= 0.6 is 0 Å². The van der Waals surface area contributed by atoms with Gasteiger partial charge >= 0.3 is 5.97 Å². The molecule has 0 fully saturated rings. The Labute approximate surface area is 172 Å². The average Bonchev–Trinajstić information content (AvgIpc) is 2.71. The Morgan fingerprint density at radius 3 is 2.34 bits per heavy atom. The topological polar surface area (TPSA) is 65.1 Å². The number of rotatable bonds is 9. The molecule has 2 aromatic carbocycles. The highest BCUT2D eigenvalue weighted by molar-refractivity contribution is 5.92. The lowest BCUT2D eigenvalue weighted by Gasteiger charge is -2.17. The van der Waals surface area contributed by atoms with E-state index >= 15 is 0 Å². The van der Waals surface area contributed by atoms with Gasteiger partial charge in [-0.1, -0.05) is 43.7 Å². The van der Waals surface area contributed by atoms with Crippen molar-refractivity contribution < 1.29 is 23.8 Å². The first-order valence-corrected chi connectivity index (χ1v) is 9.57. The number of carbonyl (C=O) groups is 2. The number of esters is 1. The molecule has 156 valence electrons. The minimum absolute atomic E-state index is 0.275. The maximum atomic E-state index is 12.3. The van der Waals surface area contributed by atoms with Crippen molar-refractivity contribution >= 4 is 11.9 Å². The molecule has 0 aromatic heterocycles. The largest absolute Gasteiger partial charge is 0.493 e. The molecule has 0 heterocycles. The number of ether oxygens (including phenoxy) is 3. The van der Waals surface area contributed by atoms with E-state index < -0.39 is 5.97 Å². The van der Waals surface area contributed by atoms with Crippen LogP contribution in [0.3, 0.4) is 0 Å². The normalized spacial score (nSPS) is 10.6. The van der Waals surface area contributed by atoms with Crippen LogP contribution in [0.1, 0.15) is 35.3 Å². The van der Waals surface area contributed by atoms with Gasteiger partial charge in [-0.2, -0.15) is 0 Å². The summed E-state index contributed by atoms with van der Waals surface area (Å²) in [6, 6.07) is 12.8. The van der Waals surface area contributed by atoms with Gasteiger partial charge in [0, 0.05) is 13.6 Å². The molecule has 0 bridgehead atoms. The zero-order chi connectivity index (χ0) is 21.4. The van der Waals surface area contributed by atoms with Gasteiger partial charge in [-0.25, -0.2) is 4.79 Å². The second-order valence-corrected chi connectivity index (χ2v) is 7.38. The van der Waals surface area contributed by atoms with Crippen molar-refractivity contribution in [2.24, 2.45) is 5.92 Å². The zero-order valence-corrected chi connectivity index (χ0v) is 17.7. The first kappa shape index (κ1) is 22.3. The lowest BCUT2D eigenvalue weighted by Crippen LogP contribution is -2.30. The van der Waals surface area contributed by atoms with Gasteiger partial charge in [-0.05, 0) is 36.6 Å². The van der Waals surface area contributed by atoms with Crippen LogP contribution in [0, 0.1) is 12.8 Å². The lowest BCUT2D eigenvalue weighted by atomic mass is 10.1. The van der Waals surface area contributed by atoms with Gasteiger partial charge in [-0.3, -0.25) is 4.79 Å². The second-order valence-electron chi connectivity index (χ2n) is 7.38. The summed E-state index contributed by atoms with van der Waals surface area (Å²) in [5.41, 5.74) is 2.47. The Morgan fingerprint density at radius 2 is 1.72 bits per heavy atom. The number of nitrogens with zero attached hydrogens (tertiary/aromatic N) is 1. The molecule has 0 saturated heterocycles. The van der Waals surface area contributed by atoms with Gasteiger partial charge in [0.05, 0.1) is 19.3 Å². The number of carbonyl (C=O) groups excluding carboxylic acids is 2. The van der Waals surface area contributed by atoms with Crippen molar-refractivity contribution in [3.05, 3.63) is 59.2 Å². The second kappa shape index (κ2) is 10.5. The van der Waals surface area contributed by atoms with E-state index in [1.807, 2.05) is 45.0 Å². The van der Waals surface area contributed by atoms with Gasteiger partial charge in [0.25, 0.3) is 5.91 Å². The molecular formula is C23H29NO5. The number of amides is 1. The van der Waals surface area contributed by atoms with E-state index in [0.29, 0.717) is 36.1 Å². The van der Waals surface area contributed by atoms with Crippen LogP contribution in [0.4, 0.5) is 0 Å². The summed E-state index contributed by atoms with van der Waals surface area (Å²) in [4.78, 5) is 26.1. The van der Waals surface area contributed by atoms with Gasteiger partial charge in [0.2, 0.25) is 0 Å². The van der Waals surface area contributed by atoms with Crippen LogP contribution in [-0.4, -0.2) is 44.1 Å². The minimum Gasteiger partial charge on any atom is -0.493 e. The van der Waals surface area contributed by atoms with Crippen LogP contribution < -0.4 is 9.47 Å². The molecule has 0 N–H and O–H groups in total. The van der Waals surface area contributed by atoms with Gasteiger partial charge in [0.15, 0.2) is 18.1 Å². The molecule has 29 heavy (non-hydrogen) atoms. The molecule has 0 spiro atoms. The summed E-state index contributed by atoms with van der Waals surface area (Å²) in [5, 5.41) is 0. The Hall–Kier alpha value is -3.02. The van der Waals surface area contributed by atoms with Crippen LogP contribution in [0.5, 0.6) is 11.5 Å². The number of likely N-dealkylation sites (N-methyl/N-ethyl adjacent to an activating group) is 1. The fourth-order valence-electron chi connectivity index (χ4n) is 2.55. The predicted molar refractivity (Wildman–Crippen MR) is 111 cm³/mol. The molecule has 6 heteroatoms. The van der Waals surface area contributed by atoms with E-state index in [-0.39, 0.29) is 12.5 Å². The summed E-state index contributed by atoms with van der Waals surface area (Å²) in [7, 11) is 3.19. The summed E-state index contributed by atoms with van der Waals surface area (Å²) >= 11 is 0. The maximum absolute atomic E-state index is 12.3. The van der Waals surface area contributed by atoms with Crippen LogP contribution in [0.25, 0.3) is 0 Å². The third-order valence-corrected chi connectivity index (χ3v) is 4.26. The highest BCUT2D eigenvalue weighted by Gasteiger charge is 2.16. The third-order valence-electron chi connectivity index (χ3n) is 4.26. The summed E-state index contributed by atoms with van der Waals surface area (Å²) in [6.07, 6.45) is 0. The summed E-state index contributed by atoms with van der Waals surface area (Å²) < 4.78 is 16.2. The SMILES string of the molecule is COc1cc(C(=O)OCC(=O)N(C)Cc2ccc(C)cc2)ccc1OCC(C)C. The number of benzene rings is 2. The van der Waals surface area contributed by atoms with Crippen molar-refractivity contribution in [3.8, 4) is 11.5 Å². The summed E-state index contributed by atoms with van der Waals surface area (Å²) in [5.74, 6) is 0.514. The van der Waals surface area contributed by atoms with E-state index in [1.165, 1.54) is 12.0 Å². The molecule has 0 radical (unpaired) electrons. The van der Waals surface area contributed by atoms with Crippen LogP contribution in [0.15, 0.2) is 42.5 Å². The molecule has 1 amide bonds. The van der Waals surface area contributed by atoms with Crippen molar-refractivity contribution in [1.82, 2.24) is 4.90 Å². The van der Waals surface area contributed by atoms with E-state index in [0.717, 1.165) is 11.1 Å². The zero-order valence-electron chi connectivity index (χ0n) is 17.7. The highest BCUT2D eigenvalue weighted by Crippen LogP contribution is 2.28. The molecule has 2 rings (SSSR count). The van der Waals surface area contributed by atoms with E-state index in [9.17, 15) is 9.59 Å². The Kier molecular flexibility index (Phi) is 8.07. The first-order chi connectivity index (χ1) is 13.8. The maximum Gasteiger partial charge on any atom is 0.338 e. The van der Waals surface area contributed by atoms with Crippen LogP contribution in [-0.2, 0) is 16.1 Å². The van der Waals surface area contributed by atoms with Crippen molar-refractivity contribution in [1.29, 1.82) is 0 Å². The minimum atomic E-state index is -0.587. The molecule has 0 aliphatic carbocycles. The Morgan fingerprint density at radius 1 is 1.03 bits per heavy atom. The number of hydrogen-bond donors (Lipinski definition) is 0. The van der Waals surface area contributed by atoms with Crippen LogP contribution in [0.2, 0.25) is 0 Å². The molecule has 0 aliphatic heterocycles. The van der Waals surface area contributed by atoms with Crippen molar-refractivity contribution in [3.63, 3.8) is 0 Å². The standard InChI is InChI=1S/C23H29NO5/c1-16(2)14-28-20-11-10-19(12-21(20)27-5)23(26)29-15-22(25)24(4)13-18-8-6-17(3)7-9-18/h6-12,16H,13-15H2,1-5H3. The van der Waals surface area contributed by atoms with E-state index in [4.69, 9.17) is 14.2 Å². The summed E-state index contributed by atoms with van der Waals surface area (Å²) in [6.45, 7) is 6.77. The number of methoxy groups -OCH3 is 1. The smallest absolute Gasteiger partial charge is 0.338 e. The lowest BCUT2D eigenvalue weighted by molar-refractivity contribution is -0.133. The van der Waals surface area contributed by atoms with E-state index in [2.05, 4.69) is 0 Å². The van der Waals surface area contributed by atoms with Gasteiger partial charge < -0.3 is 19.1 Å². The molecule has 0 aliphatic rings. The van der Waals surface area contributed by atoms with Crippen molar-refractivity contribution in [2.45, 2.75) is 27.3 Å². The molecular weight excluding hydrogens is 370 g/mol. The molecule has 0 unspecified atom stereocenters. The number of aryl methyl sites for hydroxylation is 1. The first-order valence-electron chi connectivity index (χ1n) is 9.57. The fourth-order valence-corrected chi connectivity index (χ4v) is 2.55. The van der Waals surface area contributed by atoms with Gasteiger partial charge in [0.1, 0.15) is 0 Å². The number of hydrogen-bond acceptors (Lipinski definition) is 5. The molecule has 2 aromatic rings. The van der Waals surface area contributed by atoms with E-state index in [1.54, 1.807) is 25.2 Å². The van der Waals surface area contributed by atoms with Gasteiger partial charge in [-0.15, -0.1) is 0 Å².